The first-order valence-electron chi connectivity index (χ1n) is 5.09. The Morgan fingerprint density at radius 3 is 2.71 bits per heavy atom. The van der Waals surface area contributed by atoms with E-state index in [1.54, 1.807) is 0 Å². The van der Waals surface area contributed by atoms with Crippen LogP contribution in [0.5, 0.6) is 0 Å². The van der Waals surface area contributed by atoms with Crippen molar-refractivity contribution in [3.05, 3.63) is 29.3 Å². The Morgan fingerprint density at radius 1 is 1.29 bits per heavy atom. The van der Waals surface area contributed by atoms with Gasteiger partial charge in [0.1, 0.15) is 0 Å². The molecule has 1 aliphatic rings. The molecule has 0 amide bonds. The smallest absolute Gasteiger partial charge is 0.0642 e. The summed E-state index contributed by atoms with van der Waals surface area (Å²) >= 11 is 0. The van der Waals surface area contributed by atoms with E-state index in [0.29, 0.717) is 0 Å². The molecule has 0 atom stereocenters. The quantitative estimate of drug-likeness (QED) is 0.671. The van der Waals surface area contributed by atoms with E-state index in [0.717, 1.165) is 26.3 Å². The lowest BCUT2D eigenvalue weighted by molar-refractivity contribution is 0.122. The van der Waals surface area contributed by atoms with Crippen LogP contribution in [-0.4, -0.2) is 26.3 Å². The fourth-order valence-electron chi connectivity index (χ4n) is 1.78. The molecule has 1 fully saturated rings. The van der Waals surface area contributed by atoms with E-state index in [4.69, 9.17) is 4.74 Å². The van der Waals surface area contributed by atoms with Crippen molar-refractivity contribution in [2.75, 3.05) is 31.2 Å². The van der Waals surface area contributed by atoms with Crippen LogP contribution in [0.3, 0.4) is 0 Å². The van der Waals surface area contributed by atoms with Crippen molar-refractivity contribution in [2.24, 2.45) is 0 Å². The largest absolute Gasteiger partial charge is 0.378 e. The van der Waals surface area contributed by atoms with Gasteiger partial charge in [0.25, 0.3) is 0 Å². The third-order valence-corrected chi connectivity index (χ3v) is 2.83. The van der Waals surface area contributed by atoms with Gasteiger partial charge in [-0.25, -0.2) is 0 Å². The molecule has 1 radical (unpaired) electrons. The topological polar surface area (TPSA) is 12.5 Å². The molecule has 0 aromatic heterocycles. The molecule has 1 aromatic rings. The fraction of sp³-hybridized carbons (Fsp3) is 0.500. The Bertz CT molecular complexity index is 316. The SMILES string of the molecule is Cc1cc[c]c(N2CCOCC2)c1C. The molecular formula is C12H16NO. The standard InChI is InChI=1S/C12H16NO/c1-10-4-3-5-12(11(10)2)13-6-8-14-9-7-13/h3-4H,6-9H2,1-2H3. The summed E-state index contributed by atoms with van der Waals surface area (Å²) in [5.41, 5.74) is 3.92. The average molecular weight is 190 g/mol. The van der Waals surface area contributed by atoms with E-state index in [1.807, 2.05) is 6.07 Å². The number of benzene rings is 1. The molecule has 0 saturated carbocycles. The third kappa shape index (κ3) is 1.75. The molecule has 75 valence electrons. The molecule has 14 heavy (non-hydrogen) atoms. The fourth-order valence-corrected chi connectivity index (χ4v) is 1.78. The zero-order chi connectivity index (χ0) is 9.97. The summed E-state index contributed by atoms with van der Waals surface area (Å²) in [4.78, 5) is 2.35. The zero-order valence-corrected chi connectivity index (χ0v) is 8.84. The molecule has 0 spiro atoms. The molecule has 1 aliphatic heterocycles. The van der Waals surface area contributed by atoms with Crippen molar-refractivity contribution < 1.29 is 4.74 Å². The maximum absolute atomic E-state index is 5.34. The van der Waals surface area contributed by atoms with Crippen molar-refractivity contribution in [2.45, 2.75) is 13.8 Å². The monoisotopic (exact) mass is 190 g/mol. The summed E-state index contributed by atoms with van der Waals surface area (Å²) in [5, 5.41) is 0. The molecular weight excluding hydrogens is 174 g/mol. The van der Waals surface area contributed by atoms with Crippen LogP contribution >= 0.6 is 0 Å². The van der Waals surface area contributed by atoms with Crippen LogP contribution in [0.4, 0.5) is 5.69 Å². The molecule has 2 heteroatoms. The molecule has 1 aromatic carbocycles. The minimum absolute atomic E-state index is 0.835. The van der Waals surface area contributed by atoms with Gasteiger partial charge in [-0.15, -0.1) is 0 Å². The second kappa shape index (κ2) is 4.01. The first kappa shape index (κ1) is 9.53. The van der Waals surface area contributed by atoms with Gasteiger partial charge in [-0.1, -0.05) is 12.1 Å². The molecule has 0 aliphatic carbocycles. The molecule has 0 bridgehead atoms. The van der Waals surface area contributed by atoms with Crippen LogP contribution in [0, 0.1) is 19.9 Å². The van der Waals surface area contributed by atoms with Crippen LogP contribution in [0.15, 0.2) is 12.1 Å². The predicted octanol–water partition coefficient (Wildman–Crippen LogP) is 1.94. The summed E-state index contributed by atoms with van der Waals surface area (Å²) in [7, 11) is 0. The van der Waals surface area contributed by atoms with E-state index in [2.05, 4.69) is 30.9 Å². The van der Waals surface area contributed by atoms with Gasteiger partial charge in [-0.3, -0.25) is 0 Å². The zero-order valence-electron chi connectivity index (χ0n) is 8.84. The second-order valence-electron chi connectivity index (χ2n) is 3.73. The number of morpholine rings is 1. The lowest BCUT2D eigenvalue weighted by Crippen LogP contribution is -2.36. The van der Waals surface area contributed by atoms with Crippen molar-refractivity contribution in [3.63, 3.8) is 0 Å². The van der Waals surface area contributed by atoms with Crippen LogP contribution in [0.25, 0.3) is 0 Å². The summed E-state index contributed by atoms with van der Waals surface area (Å²) in [6, 6.07) is 7.44. The van der Waals surface area contributed by atoms with E-state index >= 15 is 0 Å². The summed E-state index contributed by atoms with van der Waals surface area (Å²) in [5.74, 6) is 0. The van der Waals surface area contributed by atoms with Crippen molar-refractivity contribution in [3.8, 4) is 0 Å². The van der Waals surface area contributed by atoms with E-state index in [9.17, 15) is 0 Å². The minimum Gasteiger partial charge on any atom is -0.378 e. The Kier molecular flexibility index (Phi) is 2.73. The van der Waals surface area contributed by atoms with Gasteiger partial charge in [-0.05, 0) is 25.0 Å². The summed E-state index contributed by atoms with van der Waals surface area (Å²) < 4.78 is 5.34. The van der Waals surface area contributed by atoms with Gasteiger partial charge >= 0.3 is 0 Å². The molecule has 1 saturated heterocycles. The highest BCUT2D eigenvalue weighted by molar-refractivity contribution is 5.55. The van der Waals surface area contributed by atoms with E-state index in [-0.39, 0.29) is 0 Å². The lowest BCUT2D eigenvalue weighted by Gasteiger charge is -2.30. The van der Waals surface area contributed by atoms with Gasteiger partial charge in [-0.2, -0.15) is 0 Å². The van der Waals surface area contributed by atoms with Crippen molar-refractivity contribution >= 4 is 5.69 Å². The molecule has 0 unspecified atom stereocenters. The number of hydrogen-bond donors (Lipinski definition) is 0. The van der Waals surface area contributed by atoms with Crippen LogP contribution in [0.2, 0.25) is 0 Å². The molecule has 2 rings (SSSR count). The number of ether oxygens (including phenoxy) is 1. The Morgan fingerprint density at radius 2 is 2.00 bits per heavy atom. The Balaban J connectivity index is 2.26. The Labute approximate surface area is 85.5 Å². The van der Waals surface area contributed by atoms with Gasteiger partial charge in [0.05, 0.1) is 13.2 Å². The van der Waals surface area contributed by atoms with Gasteiger partial charge in [0, 0.05) is 24.8 Å². The van der Waals surface area contributed by atoms with Gasteiger partial charge in [0.2, 0.25) is 0 Å². The number of aryl methyl sites for hydroxylation is 1. The predicted molar refractivity (Wildman–Crippen MR) is 57.8 cm³/mol. The number of rotatable bonds is 1. The highest BCUT2D eigenvalue weighted by Crippen LogP contribution is 2.22. The minimum atomic E-state index is 0.835. The first-order chi connectivity index (χ1) is 6.79. The Hall–Kier alpha value is -1.02. The number of anilines is 1. The molecule has 0 N–H and O–H groups in total. The number of nitrogens with zero attached hydrogens (tertiary/aromatic N) is 1. The third-order valence-electron chi connectivity index (χ3n) is 2.83. The van der Waals surface area contributed by atoms with Crippen LogP contribution < -0.4 is 4.90 Å². The van der Waals surface area contributed by atoms with Crippen molar-refractivity contribution in [1.82, 2.24) is 0 Å². The van der Waals surface area contributed by atoms with Gasteiger partial charge < -0.3 is 9.64 Å². The van der Waals surface area contributed by atoms with Crippen molar-refractivity contribution in [1.29, 1.82) is 0 Å². The highest BCUT2D eigenvalue weighted by Gasteiger charge is 2.13. The summed E-state index contributed by atoms with van der Waals surface area (Å²) in [6.45, 7) is 7.95. The normalized spacial score (nSPS) is 17.1. The summed E-state index contributed by atoms with van der Waals surface area (Å²) in [6.07, 6.45) is 0. The van der Waals surface area contributed by atoms with Crippen LogP contribution in [0.1, 0.15) is 11.1 Å². The highest BCUT2D eigenvalue weighted by atomic mass is 16.5. The van der Waals surface area contributed by atoms with Gasteiger partial charge in [0.15, 0.2) is 0 Å². The average Bonchev–Trinajstić information content (AvgIpc) is 2.23. The first-order valence-corrected chi connectivity index (χ1v) is 5.09. The second-order valence-corrected chi connectivity index (χ2v) is 3.73. The number of hydrogen-bond acceptors (Lipinski definition) is 2. The molecule has 1 heterocycles. The van der Waals surface area contributed by atoms with Crippen LogP contribution in [-0.2, 0) is 4.74 Å². The molecule has 2 nitrogen and oxygen atoms in total. The maximum atomic E-state index is 5.34. The van der Waals surface area contributed by atoms with E-state index < -0.39 is 0 Å². The maximum Gasteiger partial charge on any atom is 0.0642 e. The lowest BCUT2D eigenvalue weighted by atomic mass is 10.1. The van der Waals surface area contributed by atoms with E-state index in [1.165, 1.54) is 16.8 Å².